The highest BCUT2D eigenvalue weighted by Gasteiger charge is 2.05. The Hall–Kier alpha value is -2.44. The minimum atomic E-state index is 0.267. The van der Waals surface area contributed by atoms with Crippen LogP contribution in [-0.2, 0) is 0 Å². The van der Waals surface area contributed by atoms with Gasteiger partial charge in [-0.3, -0.25) is 0 Å². The lowest BCUT2D eigenvalue weighted by atomic mass is 10.2. The molecule has 0 saturated carbocycles. The van der Waals surface area contributed by atoms with E-state index in [4.69, 9.17) is 10.5 Å². The van der Waals surface area contributed by atoms with Gasteiger partial charge in [-0.25, -0.2) is 9.97 Å². The number of halogens is 1. The first kappa shape index (κ1) is 12.0. The third-order valence-corrected chi connectivity index (χ3v) is 2.61. The summed E-state index contributed by atoms with van der Waals surface area (Å²) in [4.78, 5) is 7.97. The van der Waals surface area contributed by atoms with E-state index in [-0.39, 0.29) is 11.6 Å². The van der Waals surface area contributed by atoms with E-state index in [2.05, 4.69) is 37.3 Å². The first-order valence-corrected chi connectivity index (χ1v) is 5.72. The molecule has 5 nitrogen and oxygen atoms in total. The molecule has 0 amide bonds. The van der Waals surface area contributed by atoms with Crippen LogP contribution in [0.4, 0.5) is 11.6 Å². The summed E-state index contributed by atoms with van der Waals surface area (Å²) in [6.45, 7) is 0. The van der Waals surface area contributed by atoms with E-state index in [0.717, 1.165) is 4.47 Å². The number of nitriles is 2. The standard InChI is InChI=1S/C12H6BrN5/c13-9-1-2-11(8(5-9)6-14)18-12-16-4-3-10(7-15)17-12/h1-5H,(H,16,17,18). The molecular weight excluding hydrogens is 294 g/mol. The van der Waals surface area contributed by atoms with Crippen LogP contribution in [0.1, 0.15) is 11.3 Å². The van der Waals surface area contributed by atoms with Crippen LogP contribution in [0.15, 0.2) is 34.9 Å². The van der Waals surface area contributed by atoms with Crippen LogP contribution in [0.5, 0.6) is 0 Å². The van der Waals surface area contributed by atoms with E-state index >= 15 is 0 Å². The average Bonchev–Trinajstić information content (AvgIpc) is 2.41. The maximum Gasteiger partial charge on any atom is 0.228 e. The molecule has 0 fully saturated rings. The van der Waals surface area contributed by atoms with Crippen LogP contribution >= 0.6 is 15.9 Å². The number of rotatable bonds is 2. The van der Waals surface area contributed by atoms with Gasteiger partial charge in [-0.15, -0.1) is 0 Å². The molecule has 0 aliphatic carbocycles. The van der Waals surface area contributed by atoms with Crippen molar-refractivity contribution < 1.29 is 0 Å². The summed E-state index contributed by atoms with van der Waals surface area (Å²) in [6, 6.07) is 10.7. The van der Waals surface area contributed by atoms with Crippen LogP contribution < -0.4 is 5.32 Å². The molecule has 1 aromatic carbocycles. The Morgan fingerprint density at radius 2 is 2.00 bits per heavy atom. The molecule has 0 saturated heterocycles. The first-order valence-electron chi connectivity index (χ1n) is 4.93. The van der Waals surface area contributed by atoms with Crippen LogP contribution in [0.25, 0.3) is 0 Å². The van der Waals surface area contributed by atoms with E-state index < -0.39 is 0 Å². The minimum absolute atomic E-state index is 0.267. The summed E-state index contributed by atoms with van der Waals surface area (Å²) in [7, 11) is 0. The fraction of sp³-hybridized carbons (Fsp3) is 0. The van der Waals surface area contributed by atoms with Gasteiger partial charge >= 0.3 is 0 Å². The van der Waals surface area contributed by atoms with Crippen molar-refractivity contribution in [1.82, 2.24) is 9.97 Å². The minimum Gasteiger partial charge on any atom is -0.323 e. The lowest BCUT2D eigenvalue weighted by molar-refractivity contribution is 1.14. The first-order chi connectivity index (χ1) is 8.72. The van der Waals surface area contributed by atoms with Gasteiger partial charge in [-0.1, -0.05) is 15.9 Å². The number of anilines is 2. The quantitative estimate of drug-likeness (QED) is 0.921. The van der Waals surface area contributed by atoms with E-state index in [1.54, 1.807) is 18.2 Å². The maximum absolute atomic E-state index is 9.02. The molecular formula is C12H6BrN5. The van der Waals surface area contributed by atoms with Crippen LogP contribution in [0, 0.1) is 22.7 Å². The number of nitrogens with one attached hydrogen (secondary N) is 1. The van der Waals surface area contributed by atoms with Crippen molar-refractivity contribution in [3.05, 3.63) is 46.2 Å². The van der Waals surface area contributed by atoms with Gasteiger partial charge in [0.05, 0.1) is 11.3 Å². The Kier molecular flexibility index (Phi) is 3.52. The summed E-state index contributed by atoms with van der Waals surface area (Å²) in [5.41, 5.74) is 1.33. The molecule has 1 N–H and O–H groups in total. The normalized spacial score (nSPS) is 9.28. The largest absolute Gasteiger partial charge is 0.323 e. The molecule has 0 atom stereocenters. The lowest BCUT2D eigenvalue weighted by Crippen LogP contribution is -1.99. The van der Waals surface area contributed by atoms with Crippen LogP contribution in [0.2, 0.25) is 0 Å². The van der Waals surface area contributed by atoms with E-state index in [1.807, 2.05) is 6.07 Å². The molecule has 0 aliphatic heterocycles. The molecule has 2 rings (SSSR count). The molecule has 6 heteroatoms. The number of aromatic nitrogens is 2. The molecule has 2 aromatic rings. The van der Waals surface area contributed by atoms with Crippen molar-refractivity contribution in [1.29, 1.82) is 10.5 Å². The van der Waals surface area contributed by atoms with E-state index in [1.165, 1.54) is 12.3 Å². The molecule has 0 unspecified atom stereocenters. The molecule has 18 heavy (non-hydrogen) atoms. The Morgan fingerprint density at radius 1 is 1.17 bits per heavy atom. The summed E-state index contributed by atoms with van der Waals surface area (Å²) in [5, 5.41) is 20.7. The highest BCUT2D eigenvalue weighted by Crippen LogP contribution is 2.22. The van der Waals surface area contributed by atoms with Crippen molar-refractivity contribution in [2.45, 2.75) is 0 Å². The van der Waals surface area contributed by atoms with Gasteiger partial charge in [-0.05, 0) is 24.3 Å². The molecule has 0 radical (unpaired) electrons. The van der Waals surface area contributed by atoms with Crippen LogP contribution in [0.3, 0.4) is 0 Å². The van der Waals surface area contributed by atoms with Gasteiger partial charge in [0.25, 0.3) is 0 Å². The monoisotopic (exact) mass is 299 g/mol. The average molecular weight is 300 g/mol. The van der Waals surface area contributed by atoms with Crippen molar-refractivity contribution in [2.24, 2.45) is 0 Å². The number of benzene rings is 1. The molecule has 86 valence electrons. The Bertz CT molecular complexity index is 669. The van der Waals surface area contributed by atoms with Gasteiger partial charge in [-0.2, -0.15) is 10.5 Å². The smallest absolute Gasteiger partial charge is 0.228 e. The topological polar surface area (TPSA) is 85.4 Å². The zero-order valence-corrected chi connectivity index (χ0v) is 10.6. The van der Waals surface area contributed by atoms with Gasteiger partial charge in [0.2, 0.25) is 5.95 Å². The molecule has 1 heterocycles. The number of hydrogen-bond donors (Lipinski definition) is 1. The molecule has 0 bridgehead atoms. The molecule has 0 aliphatic rings. The SMILES string of the molecule is N#Cc1ccnc(Nc2ccc(Br)cc2C#N)n1. The van der Waals surface area contributed by atoms with Gasteiger partial charge in [0, 0.05) is 10.7 Å². The van der Waals surface area contributed by atoms with Crippen molar-refractivity contribution in [2.75, 3.05) is 5.32 Å². The molecule has 1 aromatic heterocycles. The highest BCUT2D eigenvalue weighted by molar-refractivity contribution is 9.10. The van der Waals surface area contributed by atoms with Gasteiger partial charge in [0.15, 0.2) is 0 Å². The van der Waals surface area contributed by atoms with E-state index in [0.29, 0.717) is 11.3 Å². The fourth-order valence-electron chi connectivity index (χ4n) is 1.32. The fourth-order valence-corrected chi connectivity index (χ4v) is 1.68. The second-order valence-electron chi connectivity index (χ2n) is 3.30. The van der Waals surface area contributed by atoms with Crippen LogP contribution in [-0.4, -0.2) is 9.97 Å². The zero-order chi connectivity index (χ0) is 13.0. The van der Waals surface area contributed by atoms with E-state index in [9.17, 15) is 0 Å². The third-order valence-electron chi connectivity index (χ3n) is 2.12. The summed E-state index contributed by atoms with van der Waals surface area (Å²) in [5.74, 6) is 0.285. The van der Waals surface area contributed by atoms with Crippen molar-refractivity contribution >= 4 is 27.6 Å². The summed E-state index contributed by atoms with van der Waals surface area (Å²) >= 11 is 3.29. The second-order valence-corrected chi connectivity index (χ2v) is 4.22. The highest BCUT2D eigenvalue weighted by atomic mass is 79.9. The maximum atomic E-state index is 9.02. The predicted molar refractivity (Wildman–Crippen MR) is 68.9 cm³/mol. The van der Waals surface area contributed by atoms with Crippen molar-refractivity contribution in [3.8, 4) is 12.1 Å². The van der Waals surface area contributed by atoms with Crippen molar-refractivity contribution in [3.63, 3.8) is 0 Å². The Labute approximate surface area is 112 Å². The number of nitrogens with zero attached hydrogens (tertiary/aromatic N) is 4. The second kappa shape index (κ2) is 5.26. The van der Waals surface area contributed by atoms with Gasteiger partial charge < -0.3 is 5.32 Å². The zero-order valence-electron chi connectivity index (χ0n) is 9.05. The Balaban J connectivity index is 2.35. The lowest BCUT2D eigenvalue weighted by Gasteiger charge is -2.06. The summed E-state index contributed by atoms with van der Waals surface area (Å²) in [6.07, 6.45) is 1.48. The predicted octanol–water partition coefficient (Wildman–Crippen LogP) is 2.73. The number of hydrogen-bond acceptors (Lipinski definition) is 5. The Morgan fingerprint density at radius 3 is 2.72 bits per heavy atom. The molecule has 0 spiro atoms. The third kappa shape index (κ3) is 2.62. The van der Waals surface area contributed by atoms with Gasteiger partial charge in [0.1, 0.15) is 17.8 Å². The summed E-state index contributed by atoms with van der Waals surface area (Å²) < 4.78 is 0.816.